The number of hydrogen-bond acceptors (Lipinski definition) is 5. The Balaban J connectivity index is 2.19. The van der Waals surface area contributed by atoms with Crippen molar-refractivity contribution >= 4 is 23.0 Å². The molecule has 0 aliphatic heterocycles. The Labute approximate surface area is 145 Å². The first kappa shape index (κ1) is 17.7. The van der Waals surface area contributed by atoms with E-state index in [2.05, 4.69) is 5.32 Å². The van der Waals surface area contributed by atoms with E-state index in [9.17, 15) is 15.4 Å². The summed E-state index contributed by atoms with van der Waals surface area (Å²) in [7, 11) is 3.92. The monoisotopic (exact) mass is 344 g/mol. The number of benzene rings is 2. The van der Waals surface area contributed by atoms with Gasteiger partial charge in [0.15, 0.2) is 0 Å². The van der Waals surface area contributed by atoms with Gasteiger partial charge in [0.25, 0.3) is 5.69 Å². The molecule has 1 atom stereocenters. The van der Waals surface area contributed by atoms with Crippen molar-refractivity contribution in [2.24, 2.45) is 0 Å². The van der Waals surface area contributed by atoms with Gasteiger partial charge in [-0.3, -0.25) is 10.1 Å². The van der Waals surface area contributed by atoms with Crippen LogP contribution >= 0.6 is 11.6 Å². The Kier molecular flexibility index (Phi) is 5.74. The minimum absolute atomic E-state index is 0.0593. The number of nitro groups is 1. The molecule has 1 unspecified atom stereocenters. The van der Waals surface area contributed by atoms with Gasteiger partial charge in [0.2, 0.25) is 0 Å². The normalized spacial score (nSPS) is 11.8. The summed E-state index contributed by atoms with van der Waals surface area (Å²) in [5.41, 5.74) is 1.80. The molecule has 0 saturated carbocycles. The van der Waals surface area contributed by atoms with E-state index in [1.807, 2.05) is 49.3 Å². The molecule has 2 aromatic rings. The SMILES string of the molecule is CN(C)C(CNc1ccc([N+](=O)[O-])cc1C#N)c1ccc(Cl)cc1. The van der Waals surface area contributed by atoms with E-state index in [1.165, 1.54) is 12.1 Å². The molecule has 0 spiro atoms. The van der Waals surface area contributed by atoms with Gasteiger partial charge in [-0.2, -0.15) is 5.26 Å². The molecule has 0 radical (unpaired) electrons. The molecule has 24 heavy (non-hydrogen) atoms. The predicted molar refractivity (Wildman–Crippen MR) is 94.2 cm³/mol. The lowest BCUT2D eigenvalue weighted by molar-refractivity contribution is -0.384. The average molecular weight is 345 g/mol. The van der Waals surface area contributed by atoms with Gasteiger partial charge in [-0.1, -0.05) is 23.7 Å². The summed E-state index contributed by atoms with van der Waals surface area (Å²) >= 11 is 5.93. The van der Waals surface area contributed by atoms with Crippen molar-refractivity contribution in [1.82, 2.24) is 4.90 Å². The molecule has 7 heteroatoms. The number of anilines is 1. The number of nitrogens with one attached hydrogen (secondary N) is 1. The quantitative estimate of drug-likeness (QED) is 0.636. The van der Waals surface area contributed by atoms with Gasteiger partial charge in [0.05, 0.1) is 22.2 Å². The first-order valence-corrected chi connectivity index (χ1v) is 7.64. The highest BCUT2D eigenvalue weighted by molar-refractivity contribution is 6.30. The second kappa shape index (κ2) is 7.77. The van der Waals surface area contributed by atoms with Crippen molar-refractivity contribution in [1.29, 1.82) is 5.26 Å². The third kappa shape index (κ3) is 4.22. The molecule has 0 heterocycles. The lowest BCUT2D eigenvalue weighted by atomic mass is 10.1. The lowest BCUT2D eigenvalue weighted by Crippen LogP contribution is -2.27. The molecule has 0 aliphatic rings. The Morgan fingerprint density at radius 3 is 2.50 bits per heavy atom. The molecule has 124 valence electrons. The molecule has 0 saturated heterocycles. The highest BCUT2D eigenvalue weighted by Crippen LogP contribution is 2.24. The zero-order chi connectivity index (χ0) is 17.7. The molecule has 0 fully saturated rings. The van der Waals surface area contributed by atoms with Crippen LogP contribution in [0.15, 0.2) is 42.5 Å². The van der Waals surface area contributed by atoms with E-state index >= 15 is 0 Å². The number of nitriles is 1. The van der Waals surface area contributed by atoms with Crippen molar-refractivity contribution < 1.29 is 4.92 Å². The molecule has 2 rings (SSSR count). The first-order chi connectivity index (χ1) is 11.4. The van der Waals surface area contributed by atoms with Crippen LogP contribution in [0.2, 0.25) is 5.02 Å². The van der Waals surface area contributed by atoms with Crippen LogP contribution < -0.4 is 5.32 Å². The number of halogens is 1. The molecule has 1 N–H and O–H groups in total. The van der Waals surface area contributed by atoms with Crippen molar-refractivity contribution in [3.05, 3.63) is 68.7 Å². The fourth-order valence-electron chi connectivity index (χ4n) is 2.38. The molecule has 0 aromatic heterocycles. The summed E-state index contributed by atoms with van der Waals surface area (Å²) in [6.07, 6.45) is 0. The number of nitro benzene ring substituents is 1. The molecule has 0 aliphatic carbocycles. The summed E-state index contributed by atoms with van der Waals surface area (Å²) in [5, 5.41) is 23.9. The van der Waals surface area contributed by atoms with Crippen molar-refractivity contribution in [3.8, 4) is 6.07 Å². The average Bonchev–Trinajstić information content (AvgIpc) is 2.56. The number of hydrogen-bond donors (Lipinski definition) is 1. The highest BCUT2D eigenvalue weighted by Gasteiger charge is 2.16. The molecular formula is C17H17ClN4O2. The highest BCUT2D eigenvalue weighted by atomic mass is 35.5. The third-order valence-electron chi connectivity index (χ3n) is 3.70. The number of non-ortho nitro benzene ring substituents is 1. The Bertz CT molecular complexity index is 769. The van der Waals surface area contributed by atoms with E-state index in [0.717, 1.165) is 5.56 Å². The van der Waals surface area contributed by atoms with Gasteiger partial charge < -0.3 is 10.2 Å². The van der Waals surface area contributed by atoms with Crippen LogP contribution in [-0.2, 0) is 0 Å². The fraction of sp³-hybridized carbons (Fsp3) is 0.235. The largest absolute Gasteiger partial charge is 0.382 e. The van der Waals surface area contributed by atoms with Gasteiger partial charge in [0, 0.05) is 23.7 Å². The third-order valence-corrected chi connectivity index (χ3v) is 3.95. The van der Waals surface area contributed by atoms with E-state index in [1.54, 1.807) is 6.07 Å². The smallest absolute Gasteiger partial charge is 0.270 e. The van der Waals surface area contributed by atoms with Gasteiger partial charge in [-0.15, -0.1) is 0 Å². The second-order valence-electron chi connectivity index (χ2n) is 5.51. The van der Waals surface area contributed by atoms with Crippen LogP contribution in [0.5, 0.6) is 0 Å². The minimum atomic E-state index is -0.513. The van der Waals surface area contributed by atoms with Crippen molar-refractivity contribution in [3.63, 3.8) is 0 Å². The Hall–Kier alpha value is -2.62. The summed E-state index contributed by atoms with van der Waals surface area (Å²) in [5.74, 6) is 0. The summed E-state index contributed by atoms with van der Waals surface area (Å²) in [6, 6.07) is 13.8. The molecule has 6 nitrogen and oxygen atoms in total. The topological polar surface area (TPSA) is 82.2 Å². The zero-order valence-corrected chi connectivity index (χ0v) is 14.1. The summed E-state index contributed by atoms with van der Waals surface area (Å²) < 4.78 is 0. The maximum Gasteiger partial charge on any atom is 0.270 e. The van der Waals surface area contributed by atoms with Gasteiger partial charge >= 0.3 is 0 Å². The summed E-state index contributed by atoms with van der Waals surface area (Å²) in [6.45, 7) is 0.543. The molecule has 2 aromatic carbocycles. The molecule has 0 amide bonds. The second-order valence-corrected chi connectivity index (χ2v) is 5.95. The van der Waals surface area contributed by atoms with E-state index in [-0.39, 0.29) is 17.3 Å². The standard InChI is InChI=1S/C17H17ClN4O2/c1-21(2)17(12-3-5-14(18)6-4-12)11-20-16-8-7-15(22(23)24)9-13(16)10-19/h3-9,17,20H,11H2,1-2H3. The Morgan fingerprint density at radius 2 is 1.96 bits per heavy atom. The van der Waals surface area contributed by atoms with Crippen LogP contribution in [0.1, 0.15) is 17.2 Å². The van der Waals surface area contributed by atoms with Crippen LogP contribution in [0.3, 0.4) is 0 Å². The van der Waals surface area contributed by atoms with Crippen LogP contribution in [-0.4, -0.2) is 30.5 Å². The van der Waals surface area contributed by atoms with Gasteiger partial charge in [-0.05, 0) is 37.9 Å². The number of likely N-dealkylation sites (N-methyl/N-ethyl adjacent to an activating group) is 1. The van der Waals surface area contributed by atoms with Gasteiger partial charge in [0.1, 0.15) is 6.07 Å². The van der Waals surface area contributed by atoms with Gasteiger partial charge in [-0.25, -0.2) is 0 Å². The zero-order valence-electron chi connectivity index (χ0n) is 13.4. The maximum atomic E-state index is 10.8. The molecule has 0 bridgehead atoms. The van der Waals surface area contributed by atoms with E-state index in [0.29, 0.717) is 17.3 Å². The van der Waals surface area contributed by atoms with Crippen LogP contribution in [0, 0.1) is 21.4 Å². The molecular weight excluding hydrogens is 328 g/mol. The maximum absolute atomic E-state index is 10.8. The summed E-state index contributed by atoms with van der Waals surface area (Å²) in [4.78, 5) is 12.3. The number of nitrogens with zero attached hydrogens (tertiary/aromatic N) is 3. The fourth-order valence-corrected chi connectivity index (χ4v) is 2.51. The number of rotatable bonds is 6. The van der Waals surface area contributed by atoms with Crippen molar-refractivity contribution in [2.45, 2.75) is 6.04 Å². The van der Waals surface area contributed by atoms with Crippen molar-refractivity contribution in [2.75, 3.05) is 26.0 Å². The minimum Gasteiger partial charge on any atom is -0.382 e. The van der Waals surface area contributed by atoms with Crippen LogP contribution in [0.4, 0.5) is 11.4 Å². The van der Waals surface area contributed by atoms with E-state index < -0.39 is 4.92 Å². The Morgan fingerprint density at radius 1 is 1.29 bits per heavy atom. The van der Waals surface area contributed by atoms with Crippen LogP contribution in [0.25, 0.3) is 0 Å². The first-order valence-electron chi connectivity index (χ1n) is 7.26. The van der Waals surface area contributed by atoms with E-state index in [4.69, 9.17) is 11.6 Å². The predicted octanol–water partition coefficient (Wildman–Crippen LogP) is 3.83. The lowest BCUT2D eigenvalue weighted by Gasteiger charge is -2.26.